The second kappa shape index (κ2) is 5.67. The standard InChI is InChI=1S/C13H25NO2/c1-5-10(3)14-13(4,9-11-7-8-11)12(15)16-6-2/h10-11,14H,5-9H2,1-4H3. The topological polar surface area (TPSA) is 38.3 Å². The fraction of sp³-hybridized carbons (Fsp3) is 0.923. The Morgan fingerprint density at radius 1 is 1.50 bits per heavy atom. The Morgan fingerprint density at radius 2 is 2.12 bits per heavy atom. The molecule has 0 saturated heterocycles. The Morgan fingerprint density at radius 3 is 2.56 bits per heavy atom. The van der Waals surface area contributed by atoms with Crippen LogP contribution in [0.5, 0.6) is 0 Å². The summed E-state index contributed by atoms with van der Waals surface area (Å²) in [6.07, 6.45) is 4.46. The number of carbonyl (C=O) groups excluding carboxylic acids is 1. The van der Waals surface area contributed by atoms with Crippen molar-refractivity contribution in [3.8, 4) is 0 Å². The summed E-state index contributed by atoms with van der Waals surface area (Å²) in [5.74, 6) is 0.619. The Hall–Kier alpha value is -0.570. The average Bonchev–Trinajstić information content (AvgIpc) is 3.01. The molecule has 2 unspecified atom stereocenters. The molecule has 1 rings (SSSR count). The highest BCUT2D eigenvalue weighted by Crippen LogP contribution is 2.37. The second-order valence-electron chi connectivity index (χ2n) is 5.15. The fourth-order valence-corrected chi connectivity index (χ4v) is 2.04. The van der Waals surface area contributed by atoms with Crippen LogP contribution >= 0.6 is 0 Å². The molecular formula is C13H25NO2. The zero-order chi connectivity index (χ0) is 12.2. The minimum atomic E-state index is -0.493. The van der Waals surface area contributed by atoms with Crippen molar-refractivity contribution in [2.75, 3.05) is 6.61 Å². The summed E-state index contributed by atoms with van der Waals surface area (Å²) in [7, 11) is 0. The molecule has 1 saturated carbocycles. The lowest BCUT2D eigenvalue weighted by Gasteiger charge is -2.31. The molecule has 0 aromatic rings. The summed E-state index contributed by atoms with van der Waals surface area (Å²) in [6, 6.07) is 0.355. The average molecular weight is 227 g/mol. The molecule has 0 aromatic heterocycles. The third kappa shape index (κ3) is 3.78. The zero-order valence-corrected chi connectivity index (χ0v) is 11.0. The van der Waals surface area contributed by atoms with E-state index in [1.807, 2.05) is 13.8 Å². The summed E-state index contributed by atoms with van der Waals surface area (Å²) in [5.41, 5.74) is -0.493. The van der Waals surface area contributed by atoms with Gasteiger partial charge in [0.1, 0.15) is 5.54 Å². The van der Waals surface area contributed by atoms with Crippen molar-refractivity contribution in [2.45, 2.75) is 65.0 Å². The third-order valence-electron chi connectivity index (χ3n) is 3.30. The SMILES string of the molecule is CCOC(=O)C(C)(CC1CC1)NC(C)CC. The van der Waals surface area contributed by atoms with Gasteiger partial charge in [0.15, 0.2) is 0 Å². The molecule has 0 aromatic carbocycles. The van der Waals surface area contributed by atoms with Gasteiger partial charge in [0.05, 0.1) is 6.61 Å². The van der Waals surface area contributed by atoms with Gasteiger partial charge in [0, 0.05) is 6.04 Å². The van der Waals surface area contributed by atoms with Crippen molar-refractivity contribution >= 4 is 5.97 Å². The molecule has 1 fully saturated rings. The second-order valence-corrected chi connectivity index (χ2v) is 5.15. The predicted octanol–water partition coefficient (Wildman–Crippen LogP) is 2.50. The quantitative estimate of drug-likeness (QED) is 0.679. The van der Waals surface area contributed by atoms with Crippen LogP contribution < -0.4 is 5.32 Å². The first-order valence-electron chi connectivity index (χ1n) is 6.46. The maximum atomic E-state index is 12.0. The van der Waals surface area contributed by atoms with Crippen molar-refractivity contribution in [3.63, 3.8) is 0 Å². The Bertz CT molecular complexity index is 238. The molecule has 0 amide bonds. The van der Waals surface area contributed by atoms with Crippen LogP contribution in [0.15, 0.2) is 0 Å². The summed E-state index contributed by atoms with van der Waals surface area (Å²) in [5, 5.41) is 3.42. The van der Waals surface area contributed by atoms with Crippen LogP contribution in [0, 0.1) is 5.92 Å². The number of hydrogen-bond donors (Lipinski definition) is 1. The zero-order valence-electron chi connectivity index (χ0n) is 11.0. The smallest absolute Gasteiger partial charge is 0.326 e. The van der Waals surface area contributed by atoms with Crippen molar-refractivity contribution in [1.82, 2.24) is 5.32 Å². The highest BCUT2D eigenvalue weighted by molar-refractivity contribution is 5.80. The van der Waals surface area contributed by atoms with Gasteiger partial charge in [-0.3, -0.25) is 10.1 Å². The molecule has 94 valence electrons. The van der Waals surface area contributed by atoms with E-state index in [1.54, 1.807) is 0 Å². The van der Waals surface area contributed by atoms with E-state index < -0.39 is 5.54 Å². The monoisotopic (exact) mass is 227 g/mol. The van der Waals surface area contributed by atoms with Crippen molar-refractivity contribution < 1.29 is 9.53 Å². The molecule has 0 heterocycles. The maximum Gasteiger partial charge on any atom is 0.326 e. The van der Waals surface area contributed by atoms with Gasteiger partial charge in [-0.2, -0.15) is 0 Å². The number of carbonyl (C=O) groups is 1. The normalized spacial score (nSPS) is 21.2. The lowest BCUT2D eigenvalue weighted by molar-refractivity contribution is -0.151. The Balaban J connectivity index is 2.61. The Kier molecular flexibility index (Phi) is 4.78. The van der Waals surface area contributed by atoms with Gasteiger partial charge in [-0.05, 0) is 39.5 Å². The van der Waals surface area contributed by atoms with Gasteiger partial charge in [0.2, 0.25) is 0 Å². The molecule has 0 radical (unpaired) electrons. The molecule has 1 aliphatic rings. The first-order valence-corrected chi connectivity index (χ1v) is 6.46. The van der Waals surface area contributed by atoms with Gasteiger partial charge in [-0.1, -0.05) is 19.8 Å². The third-order valence-corrected chi connectivity index (χ3v) is 3.30. The van der Waals surface area contributed by atoms with Gasteiger partial charge in [-0.15, -0.1) is 0 Å². The van der Waals surface area contributed by atoms with Crippen LogP contribution in [0.4, 0.5) is 0 Å². The van der Waals surface area contributed by atoms with Crippen molar-refractivity contribution in [2.24, 2.45) is 5.92 Å². The van der Waals surface area contributed by atoms with E-state index in [2.05, 4.69) is 19.2 Å². The lowest BCUT2D eigenvalue weighted by Crippen LogP contribution is -2.54. The molecule has 0 bridgehead atoms. The van der Waals surface area contributed by atoms with Crippen LogP contribution in [-0.4, -0.2) is 24.2 Å². The molecule has 0 aliphatic heterocycles. The van der Waals surface area contributed by atoms with Crippen LogP contribution in [0.1, 0.15) is 53.4 Å². The summed E-state index contributed by atoms with van der Waals surface area (Å²) in [4.78, 5) is 12.0. The van der Waals surface area contributed by atoms with E-state index in [9.17, 15) is 4.79 Å². The van der Waals surface area contributed by atoms with Crippen molar-refractivity contribution in [3.05, 3.63) is 0 Å². The van der Waals surface area contributed by atoms with E-state index in [4.69, 9.17) is 4.74 Å². The highest BCUT2D eigenvalue weighted by atomic mass is 16.5. The first kappa shape index (κ1) is 13.5. The van der Waals surface area contributed by atoms with Gasteiger partial charge >= 0.3 is 5.97 Å². The summed E-state index contributed by atoms with van der Waals surface area (Å²) >= 11 is 0. The molecule has 16 heavy (non-hydrogen) atoms. The van der Waals surface area contributed by atoms with E-state index in [-0.39, 0.29) is 5.97 Å². The molecule has 3 heteroatoms. The predicted molar refractivity (Wildman–Crippen MR) is 65.3 cm³/mol. The minimum Gasteiger partial charge on any atom is -0.465 e. The molecule has 3 nitrogen and oxygen atoms in total. The van der Waals surface area contributed by atoms with E-state index in [1.165, 1.54) is 12.8 Å². The number of esters is 1. The molecule has 1 N–H and O–H groups in total. The molecule has 0 spiro atoms. The van der Waals surface area contributed by atoms with Crippen molar-refractivity contribution in [1.29, 1.82) is 0 Å². The minimum absolute atomic E-state index is 0.0952. The van der Waals surface area contributed by atoms with Crippen LogP contribution in [0.25, 0.3) is 0 Å². The van der Waals surface area contributed by atoms with E-state index >= 15 is 0 Å². The lowest BCUT2D eigenvalue weighted by atomic mass is 9.93. The van der Waals surface area contributed by atoms with E-state index in [0.29, 0.717) is 18.6 Å². The summed E-state index contributed by atoms with van der Waals surface area (Å²) < 4.78 is 5.18. The fourth-order valence-electron chi connectivity index (χ4n) is 2.04. The van der Waals surface area contributed by atoms with Gasteiger partial charge in [0.25, 0.3) is 0 Å². The van der Waals surface area contributed by atoms with Crippen LogP contribution in [0.2, 0.25) is 0 Å². The van der Waals surface area contributed by atoms with E-state index in [0.717, 1.165) is 12.8 Å². The molecular weight excluding hydrogens is 202 g/mol. The van der Waals surface area contributed by atoms with Crippen LogP contribution in [-0.2, 0) is 9.53 Å². The van der Waals surface area contributed by atoms with Gasteiger partial charge < -0.3 is 4.74 Å². The number of hydrogen-bond acceptors (Lipinski definition) is 3. The number of rotatable bonds is 7. The number of nitrogens with one attached hydrogen (secondary N) is 1. The highest BCUT2D eigenvalue weighted by Gasteiger charge is 2.40. The number of ether oxygens (including phenoxy) is 1. The molecule has 2 atom stereocenters. The summed E-state index contributed by atoms with van der Waals surface area (Å²) in [6.45, 7) is 8.54. The Labute approximate surface area is 98.9 Å². The first-order chi connectivity index (χ1) is 7.51. The maximum absolute atomic E-state index is 12.0. The molecule has 1 aliphatic carbocycles. The van der Waals surface area contributed by atoms with Crippen LogP contribution in [0.3, 0.4) is 0 Å². The van der Waals surface area contributed by atoms with Gasteiger partial charge in [-0.25, -0.2) is 0 Å². The largest absolute Gasteiger partial charge is 0.465 e.